The van der Waals surface area contributed by atoms with Crippen molar-refractivity contribution in [2.45, 2.75) is 44.8 Å². The van der Waals surface area contributed by atoms with Crippen LogP contribution in [-0.2, 0) is 11.3 Å². The molecule has 0 saturated carbocycles. The summed E-state index contributed by atoms with van der Waals surface area (Å²) in [6, 6.07) is 1.92. The molecule has 0 spiro atoms. The minimum absolute atomic E-state index is 0.0170. The van der Waals surface area contributed by atoms with E-state index >= 15 is 0 Å². The summed E-state index contributed by atoms with van der Waals surface area (Å²) in [6.45, 7) is 6.51. The molecule has 1 amide bonds. The summed E-state index contributed by atoms with van der Waals surface area (Å²) < 4.78 is 4.30. The molecule has 4 heterocycles. The van der Waals surface area contributed by atoms with Crippen molar-refractivity contribution >= 4 is 45.0 Å². The van der Waals surface area contributed by atoms with E-state index in [9.17, 15) is 9.59 Å². The van der Waals surface area contributed by atoms with Crippen molar-refractivity contribution in [1.82, 2.24) is 24.1 Å². The first-order chi connectivity index (χ1) is 13.1. The van der Waals surface area contributed by atoms with Crippen molar-refractivity contribution < 1.29 is 4.79 Å². The van der Waals surface area contributed by atoms with Gasteiger partial charge in [0.05, 0.1) is 11.3 Å². The number of hydrogen-bond acceptors (Lipinski definition) is 6. The van der Waals surface area contributed by atoms with Gasteiger partial charge in [-0.15, -0.1) is 21.5 Å². The van der Waals surface area contributed by atoms with Crippen molar-refractivity contribution in [1.29, 1.82) is 0 Å². The molecule has 27 heavy (non-hydrogen) atoms. The van der Waals surface area contributed by atoms with E-state index in [0.29, 0.717) is 33.8 Å². The second kappa shape index (κ2) is 7.63. The number of thiophene rings is 1. The Hall–Kier alpha value is -1.87. The fourth-order valence-electron chi connectivity index (χ4n) is 3.65. The molecule has 1 aliphatic rings. The third kappa shape index (κ3) is 3.38. The number of hydrogen-bond donors (Lipinski definition) is 0. The Kier molecular flexibility index (Phi) is 5.23. The molecule has 1 aliphatic heterocycles. The number of likely N-dealkylation sites (tertiary alicyclic amines) is 1. The Bertz CT molecular complexity index is 1040. The predicted octanol–water partition coefficient (Wildman–Crippen LogP) is 2.87. The van der Waals surface area contributed by atoms with E-state index in [4.69, 9.17) is 0 Å². The van der Waals surface area contributed by atoms with Crippen LogP contribution in [0.25, 0.3) is 16.0 Å². The highest BCUT2D eigenvalue weighted by atomic mass is 32.2. The van der Waals surface area contributed by atoms with Gasteiger partial charge in [-0.05, 0) is 36.6 Å². The average Bonchev–Trinajstić information content (AvgIpc) is 3.30. The normalized spacial score (nSPS) is 17.9. The molecule has 9 heteroatoms. The van der Waals surface area contributed by atoms with Gasteiger partial charge in [-0.3, -0.25) is 18.6 Å². The summed E-state index contributed by atoms with van der Waals surface area (Å²) in [5, 5.41) is 11.1. The summed E-state index contributed by atoms with van der Waals surface area (Å²) in [4.78, 5) is 27.3. The highest BCUT2D eigenvalue weighted by molar-refractivity contribution is 7.99. The fraction of sp³-hybridized carbons (Fsp3) is 0.556. The number of piperidine rings is 1. The molecule has 1 fully saturated rings. The van der Waals surface area contributed by atoms with Crippen molar-refractivity contribution in [2.75, 3.05) is 18.8 Å². The van der Waals surface area contributed by atoms with Crippen LogP contribution in [0.15, 0.2) is 21.4 Å². The number of carbonyl (C=O) groups is 1. The SMILES string of the molecule is CCCn1c(=O)c2sccc2n2c(SCC(=O)N3CCCC(C)C3)nnc12. The van der Waals surface area contributed by atoms with Gasteiger partial charge in [-0.2, -0.15) is 0 Å². The van der Waals surface area contributed by atoms with E-state index < -0.39 is 0 Å². The number of amides is 1. The molecule has 0 aliphatic carbocycles. The van der Waals surface area contributed by atoms with Crippen molar-refractivity contribution in [2.24, 2.45) is 5.92 Å². The van der Waals surface area contributed by atoms with Crippen LogP contribution in [0, 0.1) is 5.92 Å². The molecule has 0 N–H and O–H groups in total. The van der Waals surface area contributed by atoms with Crippen LogP contribution in [0.2, 0.25) is 0 Å². The first kappa shape index (κ1) is 18.5. The molecular formula is C18H23N5O2S2. The molecule has 3 aromatic heterocycles. The standard InChI is InChI=1S/C18H23N5O2S2/c1-3-7-22-16(25)15-13(6-9-26-15)23-17(22)19-20-18(23)27-11-14(24)21-8-4-5-12(2)10-21/h6,9,12H,3-5,7-8,10-11H2,1-2H3. The lowest BCUT2D eigenvalue weighted by atomic mass is 10.0. The first-order valence-corrected chi connectivity index (χ1v) is 11.2. The largest absolute Gasteiger partial charge is 0.342 e. The summed E-state index contributed by atoms with van der Waals surface area (Å²) in [5.74, 6) is 1.60. The third-order valence-corrected chi connectivity index (χ3v) is 6.77. The number of thioether (sulfide) groups is 1. The highest BCUT2D eigenvalue weighted by Crippen LogP contribution is 2.25. The van der Waals surface area contributed by atoms with E-state index in [2.05, 4.69) is 17.1 Å². The molecular weight excluding hydrogens is 382 g/mol. The van der Waals surface area contributed by atoms with Crippen LogP contribution in [0.4, 0.5) is 0 Å². The lowest BCUT2D eigenvalue weighted by molar-refractivity contribution is -0.130. The van der Waals surface area contributed by atoms with Gasteiger partial charge >= 0.3 is 0 Å². The zero-order chi connectivity index (χ0) is 19.0. The van der Waals surface area contributed by atoms with Crippen LogP contribution in [0.3, 0.4) is 0 Å². The Morgan fingerprint density at radius 2 is 2.26 bits per heavy atom. The number of rotatable bonds is 5. The third-order valence-electron chi connectivity index (χ3n) is 4.96. The van der Waals surface area contributed by atoms with Gasteiger partial charge in [0.15, 0.2) is 5.16 Å². The summed E-state index contributed by atoms with van der Waals surface area (Å²) in [7, 11) is 0. The van der Waals surface area contributed by atoms with E-state index in [1.165, 1.54) is 29.5 Å². The lowest BCUT2D eigenvalue weighted by Crippen LogP contribution is -2.40. The number of aromatic nitrogens is 4. The van der Waals surface area contributed by atoms with E-state index in [0.717, 1.165) is 31.4 Å². The molecule has 0 bridgehead atoms. The van der Waals surface area contributed by atoms with Crippen molar-refractivity contribution in [3.8, 4) is 0 Å². The molecule has 1 atom stereocenters. The minimum Gasteiger partial charge on any atom is -0.342 e. The molecule has 0 aromatic carbocycles. The molecule has 144 valence electrons. The summed E-state index contributed by atoms with van der Waals surface area (Å²) in [6.07, 6.45) is 3.11. The van der Waals surface area contributed by atoms with Gasteiger partial charge in [0, 0.05) is 19.6 Å². The van der Waals surface area contributed by atoms with Crippen LogP contribution in [-0.4, -0.2) is 48.8 Å². The number of carbonyl (C=O) groups excluding carboxylic acids is 1. The van der Waals surface area contributed by atoms with Gasteiger partial charge in [0.25, 0.3) is 5.56 Å². The van der Waals surface area contributed by atoms with E-state index in [1.54, 1.807) is 4.57 Å². The Balaban J connectivity index is 1.65. The molecule has 1 saturated heterocycles. The van der Waals surface area contributed by atoms with E-state index in [1.807, 2.05) is 27.7 Å². The summed E-state index contributed by atoms with van der Waals surface area (Å²) in [5.41, 5.74) is 0.801. The Morgan fingerprint density at radius 3 is 3.04 bits per heavy atom. The van der Waals surface area contributed by atoms with Gasteiger partial charge in [0.1, 0.15) is 4.70 Å². The van der Waals surface area contributed by atoms with Gasteiger partial charge in [-0.25, -0.2) is 0 Å². The average molecular weight is 406 g/mol. The topological polar surface area (TPSA) is 72.5 Å². The number of fused-ring (bicyclic) bond motifs is 3. The zero-order valence-corrected chi connectivity index (χ0v) is 17.2. The molecule has 0 radical (unpaired) electrons. The van der Waals surface area contributed by atoms with Crippen LogP contribution >= 0.6 is 23.1 Å². The molecule has 7 nitrogen and oxygen atoms in total. The maximum Gasteiger partial charge on any atom is 0.272 e. The van der Waals surface area contributed by atoms with Gasteiger partial charge in [0.2, 0.25) is 11.7 Å². The Morgan fingerprint density at radius 1 is 1.41 bits per heavy atom. The maximum atomic E-state index is 12.7. The second-order valence-corrected chi connectivity index (χ2v) is 8.94. The smallest absolute Gasteiger partial charge is 0.272 e. The van der Waals surface area contributed by atoms with Gasteiger partial charge < -0.3 is 4.90 Å². The lowest BCUT2D eigenvalue weighted by Gasteiger charge is -2.30. The predicted molar refractivity (Wildman–Crippen MR) is 109 cm³/mol. The van der Waals surface area contributed by atoms with Crippen LogP contribution < -0.4 is 5.56 Å². The minimum atomic E-state index is -0.0170. The Labute approximate surface area is 165 Å². The first-order valence-electron chi connectivity index (χ1n) is 9.35. The van der Waals surface area contributed by atoms with Crippen LogP contribution in [0.1, 0.15) is 33.1 Å². The van der Waals surface area contributed by atoms with Crippen molar-refractivity contribution in [3.63, 3.8) is 0 Å². The maximum absolute atomic E-state index is 12.7. The number of aryl methyl sites for hydroxylation is 1. The van der Waals surface area contributed by atoms with Gasteiger partial charge in [-0.1, -0.05) is 25.6 Å². The highest BCUT2D eigenvalue weighted by Gasteiger charge is 2.22. The molecule has 1 unspecified atom stereocenters. The molecule has 3 aromatic rings. The van der Waals surface area contributed by atoms with Crippen LogP contribution in [0.5, 0.6) is 0 Å². The monoisotopic (exact) mass is 405 g/mol. The quantitative estimate of drug-likeness (QED) is 0.611. The molecule has 4 rings (SSSR count). The second-order valence-electron chi connectivity index (χ2n) is 7.09. The zero-order valence-electron chi connectivity index (χ0n) is 15.6. The fourth-order valence-corrected chi connectivity index (χ4v) is 5.32. The van der Waals surface area contributed by atoms with Crippen molar-refractivity contribution in [3.05, 3.63) is 21.8 Å². The summed E-state index contributed by atoms with van der Waals surface area (Å²) >= 11 is 2.83. The number of nitrogens with zero attached hydrogens (tertiary/aromatic N) is 5. The van der Waals surface area contributed by atoms with E-state index in [-0.39, 0.29) is 11.5 Å².